The molecule has 4 heteroatoms. The van der Waals surface area contributed by atoms with Gasteiger partial charge >= 0.3 is 0 Å². The molecule has 94 valence electrons. The number of nitrogens with zero attached hydrogens (tertiary/aromatic N) is 2. The maximum atomic E-state index is 8.61. The highest BCUT2D eigenvalue weighted by Crippen LogP contribution is 2.10. The van der Waals surface area contributed by atoms with Crippen LogP contribution < -0.4 is 5.73 Å². The highest BCUT2D eigenvalue weighted by molar-refractivity contribution is 5.81. The molecular formula is C13H21N3O. The van der Waals surface area contributed by atoms with E-state index in [4.69, 9.17) is 10.9 Å². The van der Waals surface area contributed by atoms with Crippen LogP contribution in [-0.4, -0.2) is 28.5 Å². The molecule has 0 aliphatic heterocycles. The first-order chi connectivity index (χ1) is 8.02. The maximum Gasteiger partial charge on any atom is 0.153 e. The van der Waals surface area contributed by atoms with E-state index in [0.29, 0.717) is 12.6 Å². The van der Waals surface area contributed by atoms with Crippen molar-refractivity contribution >= 4 is 5.84 Å². The number of aryl methyl sites for hydroxylation is 1. The largest absolute Gasteiger partial charge is 0.409 e. The molecule has 0 atom stereocenters. The summed E-state index contributed by atoms with van der Waals surface area (Å²) >= 11 is 0. The van der Waals surface area contributed by atoms with Gasteiger partial charge in [-0.25, -0.2) is 0 Å². The lowest BCUT2D eigenvalue weighted by Gasteiger charge is -2.25. The van der Waals surface area contributed by atoms with Crippen LogP contribution in [0.5, 0.6) is 0 Å². The van der Waals surface area contributed by atoms with Crippen LogP contribution in [0.2, 0.25) is 0 Å². The second-order valence-electron chi connectivity index (χ2n) is 4.58. The van der Waals surface area contributed by atoms with Gasteiger partial charge in [-0.2, -0.15) is 0 Å². The van der Waals surface area contributed by atoms with E-state index in [2.05, 4.69) is 49.0 Å². The summed E-state index contributed by atoms with van der Waals surface area (Å²) in [6.07, 6.45) is 0. The van der Waals surface area contributed by atoms with Crippen molar-refractivity contribution in [3.8, 4) is 0 Å². The Morgan fingerprint density at radius 2 is 2.18 bits per heavy atom. The van der Waals surface area contributed by atoms with E-state index >= 15 is 0 Å². The standard InChI is InChI=1S/C13H21N3O/c1-10(2)16(9-13(14)15-17)8-12-6-4-5-11(3)7-12/h4-7,10,17H,8-9H2,1-3H3,(H2,14,15). The van der Waals surface area contributed by atoms with Gasteiger partial charge in [0.05, 0.1) is 6.54 Å². The van der Waals surface area contributed by atoms with Gasteiger partial charge in [-0.3, -0.25) is 4.90 Å². The Morgan fingerprint density at radius 3 is 2.71 bits per heavy atom. The van der Waals surface area contributed by atoms with Crippen molar-refractivity contribution in [2.45, 2.75) is 33.4 Å². The summed E-state index contributed by atoms with van der Waals surface area (Å²) < 4.78 is 0. The van der Waals surface area contributed by atoms with Crippen LogP contribution in [0.3, 0.4) is 0 Å². The molecule has 0 aliphatic rings. The van der Waals surface area contributed by atoms with Crippen molar-refractivity contribution in [3.63, 3.8) is 0 Å². The zero-order chi connectivity index (χ0) is 12.8. The van der Waals surface area contributed by atoms with Crippen molar-refractivity contribution in [2.75, 3.05) is 6.54 Å². The Balaban J connectivity index is 2.73. The monoisotopic (exact) mass is 235 g/mol. The Morgan fingerprint density at radius 1 is 1.47 bits per heavy atom. The van der Waals surface area contributed by atoms with Crippen LogP contribution in [0.25, 0.3) is 0 Å². The average molecular weight is 235 g/mol. The van der Waals surface area contributed by atoms with Crippen molar-refractivity contribution < 1.29 is 5.21 Å². The highest BCUT2D eigenvalue weighted by Gasteiger charge is 2.12. The van der Waals surface area contributed by atoms with Crippen molar-refractivity contribution in [1.29, 1.82) is 0 Å². The SMILES string of the molecule is Cc1cccc(CN(CC(N)=NO)C(C)C)c1. The summed E-state index contributed by atoms with van der Waals surface area (Å²) in [5.41, 5.74) is 8.04. The minimum absolute atomic E-state index is 0.242. The topological polar surface area (TPSA) is 61.8 Å². The number of amidine groups is 1. The van der Waals surface area contributed by atoms with E-state index in [0.717, 1.165) is 6.54 Å². The number of oxime groups is 1. The van der Waals surface area contributed by atoms with Gasteiger partial charge in [0.2, 0.25) is 0 Å². The first-order valence-electron chi connectivity index (χ1n) is 5.79. The average Bonchev–Trinajstić information content (AvgIpc) is 2.27. The Kier molecular flexibility index (Phi) is 4.97. The lowest BCUT2D eigenvalue weighted by Crippen LogP contribution is -2.38. The molecule has 0 saturated heterocycles. The second-order valence-corrected chi connectivity index (χ2v) is 4.58. The first-order valence-corrected chi connectivity index (χ1v) is 5.79. The third-order valence-electron chi connectivity index (χ3n) is 2.69. The lowest BCUT2D eigenvalue weighted by atomic mass is 10.1. The second kappa shape index (κ2) is 6.25. The summed E-state index contributed by atoms with van der Waals surface area (Å²) in [6.45, 7) is 7.55. The van der Waals surface area contributed by atoms with Crippen LogP contribution >= 0.6 is 0 Å². The number of hydrogen-bond donors (Lipinski definition) is 2. The first kappa shape index (κ1) is 13.5. The molecule has 1 aromatic carbocycles. The molecule has 4 nitrogen and oxygen atoms in total. The number of benzene rings is 1. The molecule has 0 aliphatic carbocycles. The van der Waals surface area contributed by atoms with Gasteiger partial charge in [-0.1, -0.05) is 35.0 Å². The van der Waals surface area contributed by atoms with E-state index in [1.165, 1.54) is 11.1 Å². The molecule has 0 saturated carbocycles. The fourth-order valence-electron chi connectivity index (χ4n) is 1.71. The van der Waals surface area contributed by atoms with Crippen LogP contribution in [0.4, 0.5) is 0 Å². The van der Waals surface area contributed by atoms with Crippen molar-refractivity contribution in [3.05, 3.63) is 35.4 Å². The predicted molar refractivity (Wildman–Crippen MR) is 70.1 cm³/mol. The smallest absolute Gasteiger partial charge is 0.153 e. The zero-order valence-electron chi connectivity index (χ0n) is 10.7. The van der Waals surface area contributed by atoms with E-state index in [1.807, 2.05) is 6.07 Å². The molecule has 1 rings (SSSR count). The normalized spacial score (nSPS) is 12.4. The third kappa shape index (κ3) is 4.44. The van der Waals surface area contributed by atoms with Gasteiger partial charge in [-0.15, -0.1) is 0 Å². The fourth-order valence-corrected chi connectivity index (χ4v) is 1.71. The van der Waals surface area contributed by atoms with Crippen molar-refractivity contribution in [2.24, 2.45) is 10.9 Å². The molecule has 17 heavy (non-hydrogen) atoms. The molecule has 0 spiro atoms. The van der Waals surface area contributed by atoms with E-state index in [1.54, 1.807) is 0 Å². The fraction of sp³-hybridized carbons (Fsp3) is 0.462. The molecule has 0 bridgehead atoms. The molecule has 0 amide bonds. The van der Waals surface area contributed by atoms with Gasteiger partial charge in [0, 0.05) is 12.6 Å². The van der Waals surface area contributed by atoms with E-state index < -0.39 is 0 Å². The molecule has 0 unspecified atom stereocenters. The van der Waals surface area contributed by atoms with Gasteiger partial charge in [0.15, 0.2) is 5.84 Å². The number of rotatable bonds is 5. The van der Waals surface area contributed by atoms with E-state index in [9.17, 15) is 0 Å². The van der Waals surface area contributed by atoms with Crippen LogP contribution in [0.15, 0.2) is 29.4 Å². The van der Waals surface area contributed by atoms with Crippen LogP contribution in [0.1, 0.15) is 25.0 Å². The van der Waals surface area contributed by atoms with Crippen LogP contribution in [-0.2, 0) is 6.54 Å². The highest BCUT2D eigenvalue weighted by atomic mass is 16.4. The van der Waals surface area contributed by atoms with Gasteiger partial charge < -0.3 is 10.9 Å². The van der Waals surface area contributed by atoms with Gasteiger partial charge in [0.1, 0.15) is 0 Å². The third-order valence-corrected chi connectivity index (χ3v) is 2.69. The molecule has 0 fully saturated rings. The minimum atomic E-state index is 0.242. The minimum Gasteiger partial charge on any atom is -0.409 e. The van der Waals surface area contributed by atoms with E-state index in [-0.39, 0.29) is 5.84 Å². The Hall–Kier alpha value is -1.55. The maximum absolute atomic E-state index is 8.61. The molecule has 3 N–H and O–H groups in total. The number of nitrogens with two attached hydrogens (primary N) is 1. The zero-order valence-corrected chi connectivity index (χ0v) is 10.7. The Labute approximate surface area is 103 Å². The quantitative estimate of drug-likeness (QED) is 0.355. The summed E-state index contributed by atoms with van der Waals surface area (Å²) in [4.78, 5) is 2.16. The van der Waals surface area contributed by atoms with Crippen molar-refractivity contribution in [1.82, 2.24) is 4.90 Å². The molecule has 1 aromatic rings. The Bertz CT molecular complexity index is 388. The summed E-state index contributed by atoms with van der Waals surface area (Å²) in [7, 11) is 0. The molecule has 0 aromatic heterocycles. The summed E-state index contributed by atoms with van der Waals surface area (Å²) in [5, 5.41) is 11.6. The van der Waals surface area contributed by atoms with Crippen LogP contribution in [0, 0.1) is 6.92 Å². The lowest BCUT2D eigenvalue weighted by molar-refractivity contribution is 0.238. The van der Waals surface area contributed by atoms with Gasteiger partial charge in [-0.05, 0) is 26.3 Å². The number of hydrogen-bond acceptors (Lipinski definition) is 3. The molecule has 0 heterocycles. The van der Waals surface area contributed by atoms with Gasteiger partial charge in [0.25, 0.3) is 0 Å². The molecular weight excluding hydrogens is 214 g/mol. The summed E-state index contributed by atoms with van der Waals surface area (Å²) in [6, 6.07) is 8.71. The molecule has 0 radical (unpaired) electrons. The predicted octanol–water partition coefficient (Wildman–Crippen LogP) is 1.95. The summed E-state index contributed by atoms with van der Waals surface area (Å²) in [5.74, 6) is 0.242.